The maximum Gasteiger partial charge on any atom is 0.310 e. The van der Waals surface area contributed by atoms with Crippen LogP contribution >= 0.6 is 10.2 Å². The summed E-state index contributed by atoms with van der Waals surface area (Å²) in [6, 6.07) is 12.7. The molecule has 13 heteroatoms. The molecule has 0 spiro atoms. The van der Waals surface area contributed by atoms with E-state index in [0.29, 0.717) is 59.7 Å². The van der Waals surface area contributed by atoms with Gasteiger partial charge in [-0.3, -0.25) is 9.78 Å². The van der Waals surface area contributed by atoms with Crippen LogP contribution in [0.4, 0.5) is 25.1 Å². The molecule has 1 unspecified atom stereocenters. The first-order chi connectivity index (χ1) is 17.6. The molecule has 1 aromatic heterocycles. The summed E-state index contributed by atoms with van der Waals surface area (Å²) in [6.45, 7) is 0. The largest absolute Gasteiger partial charge is 0.382 e. The zero-order chi connectivity index (χ0) is 27.8. The number of aromatic nitrogens is 1. The molecule has 1 heterocycles. The van der Waals surface area contributed by atoms with Gasteiger partial charge in [-0.15, -0.1) is 0 Å². The quantitative estimate of drug-likeness (QED) is 0.253. The minimum Gasteiger partial charge on any atom is -0.382 e. The lowest BCUT2D eigenvalue weighted by Crippen LogP contribution is -2.32. The Kier molecular flexibility index (Phi) is 6.76. The van der Waals surface area contributed by atoms with Crippen molar-refractivity contribution in [2.24, 2.45) is 0 Å². The third-order valence-corrected chi connectivity index (χ3v) is 10.1. The first kappa shape index (κ1) is 27.8. The summed E-state index contributed by atoms with van der Waals surface area (Å²) in [7, 11) is -11.3. The van der Waals surface area contributed by atoms with Crippen LogP contribution in [0.25, 0.3) is 11.3 Å². The summed E-state index contributed by atoms with van der Waals surface area (Å²) in [6.07, 6.45) is 3.46. The number of carbonyl (C=O) groups excluding carboxylic acids is 1. The first-order valence-electron chi connectivity index (χ1n) is 11.7. The number of benzene rings is 2. The summed E-state index contributed by atoms with van der Waals surface area (Å²) in [5, 5.41) is 5.18. The Labute approximate surface area is 217 Å². The van der Waals surface area contributed by atoms with Crippen molar-refractivity contribution < 1.29 is 28.4 Å². The summed E-state index contributed by atoms with van der Waals surface area (Å²) < 4.78 is 86.6. The molecule has 0 bridgehead atoms. The van der Waals surface area contributed by atoms with E-state index in [1.54, 1.807) is 36.4 Å². The van der Waals surface area contributed by atoms with Crippen molar-refractivity contribution in [2.45, 2.75) is 46.8 Å². The predicted molar refractivity (Wildman–Crippen MR) is 140 cm³/mol. The molecule has 1 amide bonds. The summed E-state index contributed by atoms with van der Waals surface area (Å²) in [4.78, 5) is 14.4. The molecule has 6 nitrogen and oxygen atoms in total. The summed E-state index contributed by atoms with van der Waals surface area (Å²) in [5.41, 5.74) is 2.09. The van der Waals surface area contributed by atoms with Crippen LogP contribution in [-0.4, -0.2) is 33.4 Å². The predicted octanol–water partition coefficient (Wildman–Crippen LogP) is 7.59. The zero-order valence-electron chi connectivity index (χ0n) is 20.3. The van der Waals surface area contributed by atoms with Gasteiger partial charge in [0.1, 0.15) is 4.90 Å². The highest BCUT2D eigenvalue weighted by Gasteiger charge is 2.65. The van der Waals surface area contributed by atoms with E-state index in [0.717, 1.165) is 17.7 Å². The summed E-state index contributed by atoms with van der Waals surface area (Å²) >= 11 is 0. The van der Waals surface area contributed by atoms with E-state index in [-0.39, 0.29) is 11.9 Å². The Morgan fingerprint density at radius 2 is 1.53 bits per heavy atom. The molecule has 0 radical (unpaired) electrons. The van der Waals surface area contributed by atoms with Crippen molar-refractivity contribution in [1.82, 2.24) is 10.3 Å². The van der Waals surface area contributed by atoms with Crippen molar-refractivity contribution in [1.29, 1.82) is 4.78 Å². The van der Waals surface area contributed by atoms with Gasteiger partial charge in [0.25, 0.3) is 5.91 Å². The van der Waals surface area contributed by atoms with Gasteiger partial charge in [-0.25, -0.2) is 8.99 Å². The molecule has 2 aromatic carbocycles. The first-order valence-corrected chi connectivity index (χ1v) is 15.3. The molecular formula is C25H27F5N4O2S2. The van der Waals surface area contributed by atoms with E-state index in [1.807, 2.05) is 0 Å². The van der Waals surface area contributed by atoms with Crippen molar-refractivity contribution in [3.8, 4) is 11.3 Å². The lowest BCUT2D eigenvalue weighted by molar-refractivity contribution is 0.0962. The van der Waals surface area contributed by atoms with Gasteiger partial charge in [0.05, 0.1) is 21.0 Å². The molecule has 0 saturated heterocycles. The second kappa shape index (κ2) is 9.23. The van der Waals surface area contributed by atoms with Crippen molar-refractivity contribution in [3.05, 3.63) is 72.4 Å². The van der Waals surface area contributed by atoms with Gasteiger partial charge < -0.3 is 10.6 Å². The van der Waals surface area contributed by atoms with Gasteiger partial charge >= 0.3 is 10.2 Å². The van der Waals surface area contributed by atoms with Crippen LogP contribution in [0.3, 0.4) is 0 Å². The van der Waals surface area contributed by atoms with E-state index in [9.17, 15) is 28.4 Å². The molecule has 3 N–H and O–H groups in total. The highest BCUT2D eigenvalue weighted by molar-refractivity contribution is 8.45. The molecule has 4 rings (SSSR count). The molecule has 1 aliphatic rings. The van der Waals surface area contributed by atoms with Crippen LogP contribution in [-0.2, 0) is 9.73 Å². The molecule has 3 aromatic rings. The fourth-order valence-corrected chi connectivity index (χ4v) is 6.96. The topological polar surface area (TPSA) is 94.9 Å². The lowest BCUT2D eigenvalue weighted by atomic mass is 9.95. The van der Waals surface area contributed by atoms with Crippen molar-refractivity contribution in [2.75, 3.05) is 12.4 Å². The maximum atomic E-state index is 13.4. The minimum atomic E-state index is -9.71. The highest BCUT2D eigenvalue weighted by atomic mass is 32.5. The Morgan fingerprint density at radius 1 is 0.921 bits per heavy atom. The molecule has 38 heavy (non-hydrogen) atoms. The van der Waals surface area contributed by atoms with E-state index in [1.165, 1.54) is 13.2 Å². The molecule has 1 atom stereocenters. The van der Waals surface area contributed by atoms with Gasteiger partial charge in [-0.1, -0.05) is 31.6 Å². The van der Waals surface area contributed by atoms with Gasteiger partial charge in [0.15, 0.2) is 0 Å². The second-order valence-electron chi connectivity index (χ2n) is 9.25. The molecule has 206 valence electrons. The van der Waals surface area contributed by atoms with Crippen LogP contribution < -0.4 is 10.6 Å². The number of rotatable bonds is 7. The average molecular weight is 575 g/mol. The lowest BCUT2D eigenvalue weighted by Gasteiger charge is -2.40. The number of anilines is 1. The Balaban J connectivity index is 1.37. The van der Waals surface area contributed by atoms with Gasteiger partial charge in [-0.2, -0.15) is 0 Å². The smallest absolute Gasteiger partial charge is 0.310 e. The van der Waals surface area contributed by atoms with Crippen LogP contribution in [0.1, 0.15) is 36.0 Å². The monoisotopic (exact) mass is 574 g/mol. The van der Waals surface area contributed by atoms with Crippen LogP contribution in [0.5, 0.6) is 0 Å². The number of nitrogens with one attached hydrogen (secondary N) is 3. The number of pyridine rings is 1. The normalized spacial score (nSPS) is 21.4. The van der Waals surface area contributed by atoms with E-state index in [2.05, 4.69) is 15.6 Å². The number of hydrogen-bond donors (Lipinski definition) is 3. The highest BCUT2D eigenvalue weighted by Crippen LogP contribution is 3.02. The molecular weight excluding hydrogens is 547 g/mol. The third-order valence-electron chi connectivity index (χ3n) is 6.57. The Hall–Kier alpha value is -3.19. The van der Waals surface area contributed by atoms with Gasteiger partial charge in [0, 0.05) is 40.7 Å². The SMILES string of the molecule is CNC(=O)c1ccc(-c2ccc(S(=N)(=O)C3CCC(Nc4ccc(S(F)(F)(F)(F)F)cc4)CC3)cc2)nc1. The van der Waals surface area contributed by atoms with Crippen molar-refractivity contribution >= 4 is 31.5 Å². The van der Waals surface area contributed by atoms with Crippen molar-refractivity contribution in [3.63, 3.8) is 0 Å². The van der Waals surface area contributed by atoms with Crippen LogP contribution in [0.15, 0.2) is 76.7 Å². The minimum absolute atomic E-state index is 0.140. The standard InChI is InChI=1S/C25H27F5N4O2S2/c1-32-25(35)18-4-15-24(33-16-18)17-2-9-21(10-3-17)37(31,36)22-11-5-19(6-12-22)34-20-7-13-23(14-8-20)38(26,27,28,29)30/h2-4,7-10,13-16,19,22,31,34H,5-6,11-12H2,1H3,(H,32,35). The Bertz CT molecular complexity index is 1420. The molecule has 1 fully saturated rings. The second-order valence-corrected chi connectivity index (χ2v) is 14.0. The van der Waals surface area contributed by atoms with Crippen LogP contribution in [0, 0.1) is 4.78 Å². The molecule has 1 saturated carbocycles. The van der Waals surface area contributed by atoms with Gasteiger partial charge in [-0.05, 0) is 74.2 Å². The number of hydrogen-bond acceptors (Lipinski definition) is 5. The Morgan fingerprint density at radius 3 is 2.03 bits per heavy atom. The van der Waals surface area contributed by atoms with Crippen LogP contribution in [0.2, 0.25) is 0 Å². The average Bonchev–Trinajstić information content (AvgIpc) is 2.88. The fraction of sp³-hybridized carbons (Fsp3) is 0.280. The fourth-order valence-electron chi connectivity index (χ4n) is 4.45. The van der Waals surface area contributed by atoms with E-state index >= 15 is 0 Å². The molecule has 1 aliphatic carbocycles. The van der Waals surface area contributed by atoms with Gasteiger partial charge in [0.2, 0.25) is 0 Å². The molecule has 0 aliphatic heterocycles. The number of halogens is 5. The third kappa shape index (κ3) is 6.26. The number of carbonyl (C=O) groups is 1. The number of nitrogens with zero attached hydrogens (tertiary/aromatic N) is 1. The van der Waals surface area contributed by atoms with E-state index in [4.69, 9.17) is 4.78 Å². The van der Waals surface area contributed by atoms with E-state index < -0.39 is 30.1 Å². The zero-order valence-corrected chi connectivity index (χ0v) is 21.9. The number of amides is 1. The maximum absolute atomic E-state index is 13.4. The summed E-state index contributed by atoms with van der Waals surface area (Å²) in [5.74, 6) is -0.247.